The minimum absolute atomic E-state index is 0.689. The fourth-order valence-electron chi connectivity index (χ4n) is 1.79. The highest BCUT2D eigenvalue weighted by molar-refractivity contribution is 9.10. The Morgan fingerprint density at radius 1 is 1.50 bits per heavy atom. The first-order valence-electron chi connectivity index (χ1n) is 5.16. The number of thiazole rings is 1. The zero-order valence-corrected chi connectivity index (χ0v) is 12.0. The second-order valence-electron chi connectivity index (χ2n) is 3.95. The molecule has 2 aromatic rings. The Bertz CT molecular complexity index is 514. The van der Waals surface area contributed by atoms with Crippen molar-refractivity contribution >= 4 is 38.6 Å². The summed E-state index contributed by atoms with van der Waals surface area (Å²) < 4.78 is 1.15. The minimum atomic E-state index is 0.689. The molecule has 0 bridgehead atoms. The number of thiophene rings is 1. The van der Waals surface area contributed by atoms with Gasteiger partial charge in [0.2, 0.25) is 0 Å². The summed E-state index contributed by atoms with van der Waals surface area (Å²) in [6, 6.07) is 2.14. The van der Waals surface area contributed by atoms with E-state index in [1.54, 1.807) is 11.3 Å². The van der Waals surface area contributed by atoms with Crippen LogP contribution in [-0.4, -0.2) is 18.1 Å². The van der Waals surface area contributed by atoms with Crippen molar-refractivity contribution in [2.75, 3.05) is 13.1 Å². The highest BCUT2D eigenvalue weighted by atomic mass is 79.9. The van der Waals surface area contributed by atoms with Crippen LogP contribution in [0.3, 0.4) is 0 Å². The molecule has 0 saturated carbocycles. The standard InChI is InChI=1S/C11H11BrN2S2/c1-6-10(7-3-13-4-7)16-11(14-6)9-2-8(12)5-15-9/h2,5,7,13H,3-4H2,1H3. The topological polar surface area (TPSA) is 24.9 Å². The van der Waals surface area contributed by atoms with Gasteiger partial charge in [0.15, 0.2) is 0 Å². The summed E-state index contributed by atoms with van der Waals surface area (Å²) in [6.07, 6.45) is 0. The quantitative estimate of drug-likeness (QED) is 0.915. The lowest BCUT2D eigenvalue weighted by atomic mass is 10.0. The Labute approximate surface area is 111 Å². The molecular formula is C11H11BrN2S2. The van der Waals surface area contributed by atoms with Gasteiger partial charge in [-0.05, 0) is 28.9 Å². The van der Waals surface area contributed by atoms with E-state index >= 15 is 0 Å². The first-order valence-corrected chi connectivity index (χ1v) is 7.65. The average Bonchev–Trinajstić information content (AvgIpc) is 2.72. The number of nitrogens with one attached hydrogen (secondary N) is 1. The largest absolute Gasteiger partial charge is 0.315 e. The molecule has 0 amide bonds. The summed E-state index contributed by atoms with van der Waals surface area (Å²) in [4.78, 5) is 7.40. The molecule has 0 radical (unpaired) electrons. The van der Waals surface area contributed by atoms with E-state index in [9.17, 15) is 0 Å². The van der Waals surface area contributed by atoms with Crippen molar-refractivity contribution in [3.05, 3.63) is 26.5 Å². The van der Waals surface area contributed by atoms with Gasteiger partial charge in [-0.1, -0.05) is 0 Å². The molecule has 0 atom stereocenters. The monoisotopic (exact) mass is 314 g/mol. The maximum Gasteiger partial charge on any atom is 0.133 e. The molecule has 2 nitrogen and oxygen atoms in total. The molecule has 0 spiro atoms. The van der Waals surface area contributed by atoms with Gasteiger partial charge in [0.05, 0.1) is 10.6 Å². The number of aromatic nitrogens is 1. The first-order chi connectivity index (χ1) is 7.74. The molecular weight excluding hydrogens is 304 g/mol. The van der Waals surface area contributed by atoms with Crippen LogP contribution in [0.4, 0.5) is 0 Å². The van der Waals surface area contributed by atoms with E-state index in [1.165, 1.54) is 15.4 Å². The average molecular weight is 315 g/mol. The fourth-order valence-corrected chi connectivity index (χ4v) is 4.45. The van der Waals surface area contributed by atoms with Crippen molar-refractivity contribution in [3.63, 3.8) is 0 Å². The van der Waals surface area contributed by atoms with Crippen molar-refractivity contribution in [2.45, 2.75) is 12.8 Å². The zero-order valence-electron chi connectivity index (χ0n) is 8.79. The molecule has 1 aliphatic heterocycles. The van der Waals surface area contributed by atoms with Crippen LogP contribution >= 0.6 is 38.6 Å². The molecule has 0 aromatic carbocycles. The van der Waals surface area contributed by atoms with Crippen molar-refractivity contribution in [1.29, 1.82) is 0 Å². The second kappa shape index (κ2) is 4.22. The van der Waals surface area contributed by atoms with E-state index in [0.29, 0.717) is 5.92 Å². The summed E-state index contributed by atoms with van der Waals surface area (Å²) >= 11 is 7.08. The predicted octanol–water partition coefficient (Wildman–Crippen LogP) is 3.63. The smallest absolute Gasteiger partial charge is 0.133 e. The summed E-state index contributed by atoms with van der Waals surface area (Å²) in [6.45, 7) is 4.34. The van der Waals surface area contributed by atoms with Crippen LogP contribution in [-0.2, 0) is 0 Å². The lowest BCUT2D eigenvalue weighted by Gasteiger charge is -2.26. The third kappa shape index (κ3) is 1.86. The maximum atomic E-state index is 4.68. The number of halogens is 1. The molecule has 3 heterocycles. The van der Waals surface area contributed by atoms with Gasteiger partial charge in [0.1, 0.15) is 5.01 Å². The maximum absolute atomic E-state index is 4.68. The Hall–Kier alpha value is -0.230. The Balaban J connectivity index is 1.96. The lowest BCUT2D eigenvalue weighted by molar-refractivity contribution is 0.452. The van der Waals surface area contributed by atoms with Gasteiger partial charge < -0.3 is 5.32 Å². The van der Waals surface area contributed by atoms with Crippen LogP contribution in [0.15, 0.2) is 15.9 Å². The van der Waals surface area contributed by atoms with Crippen LogP contribution in [0, 0.1) is 6.92 Å². The SMILES string of the molecule is Cc1nc(-c2cc(Br)cs2)sc1C1CNC1. The molecule has 1 aliphatic rings. The van der Waals surface area contributed by atoms with Crippen LogP contribution in [0.25, 0.3) is 9.88 Å². The van der Waals surface area contributed by atoms with Crippen LogP contribution in [0.1, 0.15) is 16.5 Å². The van der Waals surface area contributed by atoms with Crippen LogP contribution in [0.2, 0.25) is 0 Å². The number of aryl methyl sites for hydroxylation is 1. The molecule has 1 fully saturated rings. The number of rotatable bonds is 2. The van der Waals surface area contributed by atoms with Gasteiger partial charge in [0.25, 0.3) is 0 Å². The molecule has 2 aromatic heterocycles. The van der Waals surface area contributed by atoms with Crippen molar-refractivity contribution in [3.8, 4) is 9.88 Å². The highest BCUT2D eigenvalue weighted by Crippen LogP contribution is 2.37. The molecule has 1 N–H and O–H groups in total. The Morgan fingerprint density at radius 3 is 2.88 bits per heavy atom. The van der Waals surface area contributed by atoms with Gasteiger partial charge in [0, 0.05) is 33.7 Å². The molecule has 5 heteroatoms. The van der Waals surface area contributed by atoms with Gasteiger partial charge in [-0.25, -0.2) is 4.98 Å². The second-order valence-corrected chi connectivity index (χ2v) is 6.81. The molecule has 0 aliphatic carbocycles. The van der Waals surface area contributed by atoms with E-state index in [4.69, 9.17) is 0 Å². The molecule has 3 rings (SSSR count). The van der Waals surface area contributed by atoms with Gasteiger partial charge >= 0.3 is 0 Å². The summed E-state index contributed by atoms with van der Waals surface area (Å²) in [7, 11) is 0. The van der Waals surface area contributed by atoms with Gasteiger partial charge in [-0.3, -0.25) is 0 Å². The van der Waals surface area contributed by atoms with Crippen molar-refractivity contribution in [2.24, 2.45) is 0 Å². The molecule has 84 valence electrons. The fraction of sp³-hybridized carbons (Fsp3) is 0.364. The van der Waals surface area contributed by atoms with E-state index in [2.05, 4.69) is 44.6 Å². The first kappa shape index (κ1) is 10.9. The van der Waals surface area contributed by atoms with Crippen molar-refractivity contribution in [1.82, 2.24) is 10.3 Å². The predicted molar refractivity (Wildman–Crippen MR) is 73.5 cm³/mol. The third-order valence-corrected chi connectivity index (χ3v) is 5.94. The molecule has 0 unspecified atom stereocenters. The summed E-state index contributed by atoms with van der Waals surface area (Å²) in [5.41, 5.74) is 1.20. The number of hydrogen-bond donors (Lipinski definition) is 1. The number of hydrogen-bond acceptors (Lipinski definition) is 4. The van der Waals surface area contributed by atoms with Gasteiger partial charge in [-0.15, -0.1) is 22.7 Å². The number of nitrogens with zero attached hydrogens (tertiary/aromatic N) is 1. The van der Waals surface area contributed by atoms with Gasteiger partial charge in [-0.2, -0.15) is 0 Å². The molecule has 1 saturated heterocycles. The van der Waals surface area contributed by atoms with E-state index in [1.807, 2.05) is 11.3 Å². The summed E-state index contributed by atoms with van der Waals surface area (Å²) in [5, 5.41) is 6.58. The Morgan fingerprint density at radius 2 is 2.31 bits per heavy atom. The minimum Gasteiger partial charge on any atom is -0.315 e. The van der Waals surface area contributed by atoms with Crippen LogP contribution in [0.5, 0.6) is 0 Å². The highest BCUT2D eigenvalue weighted by Gasteiger charge is 2.24. The van der Waals surface area contributed by atoms with E-state index < -0.39 is 0 Å². The summed E-state index contributed by atoms with van der Waals surface area (Å²) in [5.74, 6) is 0.689. The molecule has 16 heavy (non-hydrogen) atoms. The third-order valence-electron chi connectivity index (χ3n) is 2.76. The lowest BCUT2D eigenvalue weighted by Crippen LogP contribution is -2.39. The Kier molecular flexibility index (Phi) is 2.87. The van der Waals surface area contributed by atoms with E-state index in [0.717, 1.165) is 22.6 Å². The normalized spacial score (nSPS) is 16.4. The van der Waals surface area contributed by atoms with Crippen molar-refractivity contribution < 1.29 is 0 Å². The zero-order chi connectivity index (χ0) is 11.1. The van der Waals surface area contributed by atoms with Crippen LogP contribution < -0.4 is 5.32 Å². The van der Waals surface area contributed by atoms with E-state index in [-0.39, 0.29) is 0 Å².